The average Bonchev–Trinajstić information content (AvgIpc) is 3.09. The topological polar surface area (TPSA) is 129 Å². The molecular weight excluding hydrogens is 644 g/mol. The second kappa shape index (κ2) is 18.2. The third-order valence-electron chi connectivity index (χ3n) is 7.76. The van der Waals surface area contributed by atoms with Gasteiger partial charge < -0.3 is 28.6 Å². The van der Waals surface area contributed by atoms with Gasteiger partial charge in [0.1, 0.15) is 23.9 Å². The van der Waals surface area contributed by atoms with Crippen molar-refractivity contribution in [2.75, 3.05) is 26.1 Å². The van der Waals surface area contributed by atoms with Gasteiger partial charge in [-0.15, -0.1) is 0 Å². The van der Waals surface area contributed by atoms with Gasteiger partial charge in [-0.05, 0) is 73.6 Å². The summed E-state index contributed by atoms with van der Waals surface area (Å²) in [4.78, 5) is 13.2. The summed E-state index contributed by atoms with van der Waals surface area (Å²) in [6.07, 6.45) is 5.12. The van der Waals surface area contributed by atoms with Gasteiger partial charge in [0.15, 0.2) is 5.60 Å². The Kier molecular flexibility index (Phi) is 13.8. The SMILES string of the molecule is CCOC(Cc1ccc(OCCCCc2ccccc2OS(C)(=O)=O)cc1)(C(=O)O)C(=CCCO)c1ccccc1OCc1ccccc1. The van der Waals surface area contributed by atoms with Gasteiger partial charge in [0.05, 0.1) is 12.9 Å². The van der Waals surface area contributed by atoms with Crippen LogP contribution in [0.2, 0.25) is 0 Å². The molecular formula is C39H44O9S. The first-order valence-corrected chi connectivity index (χ1v) is 18.1. The van der Waals surface area contributed by atoms with Crippen LogP contribution in [-0.4, -0.2) is 56.3 Å². The van der Waals surface area contributed by atoms with Gasteiger partial charge in [0, 0.05) is 30.8 Å². The standard InChI is InChI=1S/C39H44O9S/c1-3-47-39(38(41)42,35(19-13-26-40)34-18-8-10-21-37(34)46-29-31-14-5-4-6-15-31)28-30-22-24-33(25-23-30)45-27-12-11-17-32-16-7-9-20-36(32)48-49(2,43)44/h4-10,14-16,18-25,40H,3,11-13,17,26-29H2,1-2H3,(H,41,42). The molecule has 0 fully saturated rings. The molecule has 4 aromatic rings. The van der Waals surface area contributed by atoms with Crippen LogP contribution in [0.1, 0.15) is 48.4 Å². The van der Waals surface area contributed by atoms with Gasteiger partial charge >= 0.3 is 16.1 Å². The lowest BCUT2D eigenvalue weighted by Crippen LogP contribution is -2.45. The molecule has 4 aromatic carbocycles. The van der Waals surface area contributed by atoms with Gasteiger partial charge in [0.2, 0.25) is 0 Å². The van der Waals surface area contributed by atoms with E-state index in [9.17, 15) is 23.4 Å². The Labute approximate surface area is 288 Å². The number of ether oxygens (including phenoxy) is 3. The highest BCUT2D eigenvalue weighted by molar-refractivity contribution is 7.86. The van der Waals surface area contributed by atoms with Gasteiger partial charge in [0.25, 0.3) is 0 Å². The van der Waals surface area contributed by atoms with Crippen molar-refractivity contribution in [2.45, 2.75) is 51.2 Å². The number of hydrogen-bond donors (Lipinski definition) is 2. The Bertz CT molecular complexity index is 1770. The van der Waals surface area contributed by atoms with Crippen LogP contribution >= 0.6 is 0 Å². The summed E-state index contributed by atoms with van der Waals surface area (Å²) in [5, 5.41) is 20.5. The van der Waals surface area contributed by atoms with E-state index in [1.54, 1.807) is 43.3 Å². The first-order chi connectivity index (χ1) is 23.6. The second-order valence-electron chi connectivity index (χ2n) is 11.5. The fraction of sp³-hybridized carbons (Fsp3) is 0.308. The number of carboxylic acid groups (broad SMARTS) is 1. The zero-order valence-electron chi connectivity index (χ0n) is 27.9. The highest BCUT2D eigenvalue weighted by atomic mass is 32.2. The van der Waals surface area contributed by atoms with Crippen LogP contribution in [0.4, 0.5) is 0 Å². The summed E-state index contributed by atoms with van der Waals surface area (Å²) in [5.41, 5.74) is 1.72. The first-order valence-electron chi connectivity index (χ1n) is 16.3. The van der Waals surface area contributed by atoms with Crippen LogP contribution in [0.25, 0.3) is 5.57 Å². The Morgan fingerprint density at radius 1 is 0.816 bits per heavy atom. The number of carboxylic acids is 1. The molecule has 0 spiro atoms. The highest BCUT2D eigenvalue weighted by Gasteiger charge is 2.45. The van der Waals surface area contributed by atoms with E-state index in [1.807, 2.05) is 72.8 Å². The average molecular weight is 689 g/mol. The lowest BCUT2D eigenvalue weighted by Gasteiger charge is -2.33. The zero-order chi connectivity index (χ0) is 35.1. The van der Waals surface area contributed by atoms with E-state index in [2.05, 4.69) is 0 Å². The minimum Gasteiger partial charge on any atom is -0.494 e. The van der Waals surface area contributed by atoms with E-state index in [1.165, 1.54) is 0 Å². The maximum absolute atomic E-state index is 13.2. The van der Waals surface area contributed by atoms with Crippen LogP contribution in [0.15, 0.2) is 109 Å². The smallest absolute Gasteiger partial charge is 0.341 e. The zero-order valence-corrected chi connectivity index (χ0v) is 28.7. The number of aliphatic carboxylic acids is 1. The Balaban J connectivity index is 1.47. The molecule has 0 saturated carbocycles. The summed E-state index contributed by atoms with van der Waals surface area (Å²) in [6.45, 7) is 2.48. The minimum atomic E-state index is -3.62. The number of benzene rings is 4. The number of aliphatic hydroxyl groups is 1. The van der Waals surface area contributed by atoms with Gasteiger partial charge in [-0.2, -0.15) is 8.42 Å². The molecule has 0 bridgehead atoms. The van der Waals surface area contributed by atoms with Crippen molar-refractivity contribution in [3.8, 4) is 17.2 Å². The van der Waals surface area contributed by atoms with Crippen LogP contribution in [0.5, 0.6) is 17.2 Å². The molecule has 1 atom stereocenters. The van der Waals surface area contributed by atoms with E-state index in [4.69, 9.17) is 18.4 Å². The number of carbonyl (C=O) groups is 1. The number of unbranched alkanes of at least 4 members (excludes halogenated alkanes) is 1. The largest absolute Gasteiger partial charge is 0.494 e. The number of hydrogen-bond acceptors (Lipinski definition) is 8. The molecule has 0 saturated heterocycles. The Morgan fingerprint density at radius 2 is 1.49 bits per heavy atom. The summed E-state index contributed by atoms with van der Waals surface area (Å²) in [6, 6.07) is 31.3. The summed E-state index contributed by atoms with van der Waals surface area (Å²) >= 11 is 0. The quantitative estimate of drug-likeness (QED) is 0.0755. The Morgan fingerprint density at radius 3 is 2.16 bits per heavy atom. The fourth-order valence-corrected chi connectivity index (χ4v) is 6.02. The van der Waals surface area contributed by atoms with Gasteiger partial charge in [-0.3, -0.25) is 0 Å². The minimum absolute atomic E-state index is 0.0235. The molecule has 9 nitrogen and oxygen atoms in total. The van der Waals surface area contributed by atoms with Gasteiger partial charge in [-0.25, -0.2) is 4.79 Å². The molecule has 49 heavy (non-hydrogen) atoms. The predicted octanol–water partition coefficient (Wildman–Crippen LogP) is 6.87. The lowest BCUT2D eigenvalue weighted by atomic mass is 9.81. The molecule has 260 valence electrons. The second-order valence-corrected chi connectivity index (χ2v) is 13.1. The maximum Gasteiger partial charge on any atom is 0.341 e. The summed E-state index contributed by atoms with van der Waals surface area (Å²) < 4.78 is 46.6. The van der Waals surface area contributed by atoms with E-state index >= 15 is 0 Å². The molecule has 0 aliphatic heterocycles. The van der Waals surface area contributed by atoms with Crippen molar-refractivity contribution in [3.63, 3.8) is 0 Å². The number of aliphatic hydroxyl groups excluding tert-OH is 1. The van der Waals surface area contributed by atoms with Crippen LogP contribution in [-0.2, 0) is 39.1 Å². The monoisotopic (exact) mass is 688 g/mol. The van der Waals surface area contributed by atoms with E-state index < -0.39 is 21.7 Å². The van der Waals surface area contributed by atoms with Crippen molar-refractivity contribution in [1.82, 2.24) is 0 Å². The van der Waals surface area contributed by atoms with E-state index in [0.29, 0.717) is 48.0 Å². The number of para-hydroxylation sites is 2. The summed E-state index contributed by atoms with van der Waals surface area (Å²) in [7, 11) is -3.62. The molecule has 0 aliphatic carbocycles. The van der Waals surface area contributed by atoms with Crippen molar-refractivity contribution in [2.24, 2.45) is 0 Å². The van der Waals surface area contributed by atoms with Crippen LogP contribution < -0.4 is 13.7 Å². The van der Waals surface area contributed by atoms with Crippen LogP contribution in [0.3, 0.4) is 0 Å². The highest BCUT2D eigenvalue weighted by Crippen LogP contribution is 2.39. The first kappa shape index (κ1) is 37.2. The molecule has 0 aliphatic rings. The normalized spacial score (nSPS) is 13.0. The van der Waals surface area contributed by atoms with Gasteiger partial charge in [-0.1, -0.05) is 84.9 Å². The molecule has 4 rings (SSSR count). The molecule has 2 N–H and O–H groups in total. The van der Waals surface area contributed by atoms with E-state index in [-0.39, 0.29) is 26.1 Å². The van der Waals surface area contributed by atoms with Crippen molar-refractivity contribution >= 4 is 21.7 Å². The van der Waals surface area contributed by atoms with Crippen molar-refractivity contribution in [1.29, 1.82) is 0 Å². The lowest BCUT2D eigenvalue weighted by molar-refractivity contribution is -0.157. The number of rotatable bonds is 20. The number of aryl methyl sites for hydroxylation is 1. The molecule has 0 amide bonds. The van der Waals surface area contributed by atoms with E-state index in [0.717, 1.165) is 35.8 Å². The Hall–Kier alpha value is -4.64. The third kappa shape index (κ3) is 10.9. The molecule has 0 aromatic heterocycles. The molecule has 0 radical (unpaired) electrons. The van der Waals surface area contributed by atoms with Crippen molar-refractivity contribution in [3.05, 3.63) is 131 Å². The maximum atomic E-state index is 13.2. The molecule has 10 heteroatoms. The molecule has 0 heterocycles. The predicted molar refractivity (Wildman–Crippen MR) is 189 cm³/mol. The molecule has 1 unspecified atom stereocenters. The fourth-order valence-electron chi connectivity index (χ4n) is 5.53. The third-order valence-corrected chi connectivity index (χ3v) is 8.24. The van der Waals surface area contributed by atoms with Crippen LogP contribution in [0, 0.1) is 0 Å². The summed E-state index contributed by atoms with van der Waals surface area (Å²) in [5.74, 6) is 0.331. The van der Waals surface area contributed by atoms with Crippen molar-refractivity contribution < 1.29 is 41.8 Å².